The Hall–Kier alpha value is -1.22. The van der Waals surface area contributed by atoms with Crippen LogP contribution in [0.4, 0.5) is 5.69 Å². The molecule has 4 heteroatoms. The van der Waals surface area contributed by atoms with Crippen LogP contribution in [0.2, 0.25) is 5.02 Å². The molecule has 0 spiro atoms. The summed E-state index contributed by atoms with van der Waals surface area (Å²) in [6.45, 7) is 2.26. The number of halogens is 1. The Balaban J connectivity index is 2.25. The SMILES string of the molecule is CCC1CCCCC1N(CC(=O)O)c1ccc(Cl)cc1. The van der Waals surface area contributed by atoms with E-state index >= 15 is 0 Å². The van der Waals surface area contributed by atoms with Crippen LogP contribution in [0.5, 0.6) is 0 Å². The number of carbonyl (C=O) groups is 1. The predicted octanol–water partition coefficient (Wildman–Crippen LogP) is 4.20. The first-order valence-corrected chi connectivity index (χ1v) is 7.73. The topological polar surface area (TPSA) is 40.5 Å². The molecule has 0 saturated heterocycles. The summed E-state index contributed by atoms with van der Waals surface area (Å²) in [5.41, 5.74) is 0.960. The number of nitrogens with zero attached hydrogens (tertiary/aromatic N) is 1. The van der Waals surface area contributed by atoms with Gasteiger partial charge in [0.15, 0.2) is 0 Å². The van der Waals surface area contributed by atoms with Gasteiger partial charge in [0.25, 0.3) is 0 Å². The summed E-state index contributed by atoms with van der Waals surface area (Å²) in [6, 6.07) is 7.83. The van der Waals surface area contributed by atoms with Gasteiger partial charge in [-0.05, 0) is 43.0 Å². The Morgan fingerprint density at radius 1 is 1.30 bits per heavy atom. The number of anilines is 1. The van der Waals surface area contributed by atoms with Gasteiger partial charge in [0.1, 0.15) is 6.54 Å². The van der Waals surface area contributed by atoms with Gasteiger partial charge in [-0.1, -0.05) is 37.8 Å². The van der Waals surface area contributed by atoms with Crippen molar-refractivity contribution in [3.05, 3.63) is 29.3 Å². The fraction of sp³-hybridized carbons (Fsp3) is 0.562. The minimum atomic E-state index is -0.777. The Kier molecular flexibility index (Phi) is 5.30. The maximum absolute atomic E-state index is 11.2. The molecule has 0 aromatic heterocycles. The maximum atomic E-state index is 11.2. The van der Waals surface area contributed by atoms with Gasteiger partial charge in [-0.25, -0.2) is 0 Å². The average Bonchev–Trinajstić information content (AvgIpc) is 2.45. The molecule has 1 fully saturated rings. The lowest BCUT2D eigenvalue weighted by atomic mass is 9.81. The summed E-state index contributed by atoms with van der Waals surface area (Å²) < 4.78 is 0. The Labute approximate surface area is 125 Å². The second-order valence-corrected chi connectivity index (χ2v) is 5.95. The monoisotopic (exact) mass is 295 g/mol. The number of rotatable bonds is 5. The van der Waals surface area contributed by atoms with Crippen LogP contribution in [-0.2, 0) is 4.79 Å². The summed E-state index contributed by atoms with van der Waals surface area (Å²) in [6.07, 6.45) is 5.83. The third-order valence-corrected chi connectivity index (χ3v) is 4.51. The highest BCUT2D eigenvalue weighted by Crippen LogP contribution is 2.33. The van der Waals surface area contributed by atoms with Gasteiger partial charge in [-0.2, -0.15) is 0 Å². The summed E-state index contributed by atoms with van der Waals surface area (Å²) in [5.74, 6) is -0.195. The van der Waals surface area contributed by atoms with Crippen molar-refractivity contribution in [3.63, 3.8) is 0 Å². The summed E-state index contributed by atoms with van der Waals surface area (Å²) >= 11 is 5.93. The zero-order valence-corrected chi connectivity index (χ0v) is 12.6. The Morgan fingerprint density at radius 3 is 2.55 bits per heavy atom. The van der Waals surface area contributed by atoms with E-state index in [9.17, 15) is 9.90 Å². The minimum absolute atomic E-state index is 0.0583. The van der Waals surface area contributed by atoms with Crippen LogP contribution in [0.1, 0.15) is 39.0 Å². The van der Waals surface area contributed by atoms with Crippen molar-refractivity contribution in [2.75, 3.05) is 11.4 Å². The average molecular weight is 296 g/mol. The summed E-state index contributed by atoms with van der Waals surface area (Å²) in [7, 11) is 0. The molecular formula is C16H22ClNO2. The Morgan fingerprint density at radius 2 is 1.95 bits per heavy atom. The van der Waals surface area contributed by atoms with E-state index in [0.29, 0.717) is 17.0 Å². The standard InChI is InChI=1S/C16H22ClNO2/c1-2-12-5-3-4-6-15(12)18(11-16(19)20)14-9-7-13(17)8-10-14/h7-10,12,15H,2-6,11H2,1H3,(H,19,20). The number of aliphatic carboxylic acids is 1. The number of hydrogen-bond acceptors (Lipinski definition) is 2. The van der Waals surface area contributed by atoms with Crippen molar-refractivity contribution in [3.8, 4) is 0 Å². The van der Waals surface area contributed by atoms with E-state index in [4.69, 9.17) is 11.6 Å². The molecule has 2 atom stereocenters. The summed E-state index contributed by atoms with van der Waals surface area (Å²) in [4.78, 5) is 13.3. The van der Waals surface area contributed by atoms with Gasteiger partial charge in [-0.3, -0.25) is 4.79 Å². The van der Waals surface area contributed by atoms with Crippen molar-refractivity contribution < 1.29 is 9.90 Å². The van der Waals surface area contributed by atoms with Gasteiger partial charge >= 0.3 is 5.97 Å². The van der Waals surface area contributed by atoms with E-state index in [1.165, 1.54) is 19.3 Å². The molecule has 2 rings (SSSR count). The second kappa shape index (κ2) is 6.98. The predicted molar refractivity (Wildman–Crippen MR) is 82.5 cm³/mol. The largest absolute Gasteiger partial charge is 0.480 e. The molecular weight excluding hydrogens is 274 g/mol. The van der Waals surface area contributed by atoms with E-state index in [0.717, 1.165) is 18.5 Å². The van der Waals surface area contributed by atoms with Crippen LogP contribution in [-0.4, -0.2) is 23.7 Å². The van der Waals surface area contributed by atoms with E-state index in [1.54, 1.807) is 0 Å². The maximum Gasteiger partial charge on any atom is 0.323 e. The molecule has 0 aliphatic heterocycles. The number of carboxylic acid groups (broad SMARTS) is 1. The fourth-order valence-electron chi connectivity index (χ4n) is 3.25. The van der Waals surface area contributed by atoms with Crippen molar-refractivity contribution in [2.45, 2.75) is 45.1 Å². The van der Waals surface area contributed by atoms with Crippen molar-refractivity contribution in [2.24, 2.45) is 5.92 Å². The molecule has 0 bridgehead atoms. The molecule has 0 amide bonds. The first-order valence-electron chi connectivity index (χ1n) is 7.35. The molecule has 3 nitrogen and oxygen atoms in total. The molecule has 1 aliphatic carbocycles. The third kappa shape index (κ3) is 3.66. The first kappa shape index (κ1) is 15.2. The first-order chi connectivity index (χ1) is 9.61. The zero-order chi connectivity index (χ0) is 14.5. The molecule has 0 heterocycles. The lowest BCUT2D eigenvalue weighted by molar-refractivity contribution is -0.135. The second-order valence-electron chi connectivity index (χ2n) is 5.52. The summed E-state index contributed by atoms with van der Waals surface area (Å²) in [5, 5.41) is 9.90. The number of carboxylic acids is 1. The quantitative estimate of drug-likeness (QED) is 0.885. The van der Waals surface area contributed by atoms with Gasteiger partial charge in [0, 0.05) is 16.8 Å². The molecule has 1 aromatic carbocycles. The molecule has 0 radical (unpaired) electrons. The van der Waals surface area contributed by atoms with Crippen molar-refractivity contribution >= 4 is 23.3 Å². The highest BCUT2D eigenvalue weighted by Gasteiger charge is 2.30. The van der Waals surface area contributed by atoms with Crippen molar-refractivity contribution in [1.82, 2.24) is 0 Å². The molecule has 1 N–H and O–H groups in total. The van der Waals surface area contributed by atoms with E-state index in [2.05, 4.69) is 6.92 Å². The normalized spacial score (nSPS) is 22.5. The van der Waals surface area contributed by atoms with E-state index in [1.807, 2.05) is 29.2 Å². The van der Waals surface area contributed by atoms with Crippen LogP contribution < -0.4 is 4.90 Å². The van der Waals surface area contributed by atoms with Crippen LogP contribution in [0.3, 0.4) is 0 Å². The van der Waals surface area contributed by atoms with Crippen LogP contribution in [0.15, 0.2) is 24.3 Å². The molecule has 20 heavy (non-hydrogen) atoms. The molecule has 1 aliphatic rings. The van der Waals surface area contributed by atoms with Gasteiger partial charge in [0.2, 0.25) is 0 Å². The molecule has 2 unspecified atom stereocenters. The number of benzene rings is 1. The lowest BCUT2D eigenvalue weighted by Gasteiger charge is -2.40. The van der Waals surface area contributed by atoms with E-state index < -0.39 is 5.97 Å². The van der Waals surface area contributed by atoms with Gasteiger partial charge in [0.05, 0.1) is 0 Å². The van der Waals surface area contributed by atoms with Crippen molar-refractivity contribution in [1.29, 1.82) is 0 Å². The van der Waals surface area contributed by atoms with Gasteiger partial charge in [-0.15, -0.1) is 0 Å². The van der Waals surface area contributed by atoms with Crippen LogP contribution in [0, 0.1) is 5.92 Å². The molecule has 1 aromatic rings. The smallest absolute Gasteiger partial charge is 0.323 e. The Bertz CT molecular complexity index is 446. The fourth-order valence-corrected chi connectivity index (χ4v) is 3.38. The van der Waals surface area contributed by atoms with Gasteiger partial charge < -0.3 is 10.0 Å². The minimum Gasteiger partial charge on any atom is -0.480 e. The highest BCUT2D eigenvalue weighted by molar-refractivity contribution is 6.30. The molecule has 110 valence electrons. The van der Waals surface area contributed by atoms with Crippen LogP contribution in [0.25, 0.3) is 0 Å². The lowest BCUT2D eigenvalue weighted by Crippen LogP contribution is -2.45. The van der Waals surface area contributed by atoms with Crippen LogP contribution >= 0.6 is 11.6 Å². The zero-order valence-electron chi connectivity index (χ0n) is 11.9. The van der Waals surface area contributed by atoms with E-state index in [-0.39, 0.29) is 6.54 Å². The third-order valence-electron chi connectivity index (χ3n) is 4.26. The molecule has 1 saturated carbocycles. The number of hydrogen-bond donors (Lipinski definition) is 1. The highest BCUT2D eigenvalue weighted by atomic mass is 35.5.